The maximum atomic E-state index is 11.4. The molecule has 1 rings (SSSR count). The van der Waals surface area contributed by atoms with E-state index in [9.17, 15) is 9.90 Å². The second-order valence-electron chi connectivity index (χ2n) is 4.84. The molecule has 118 valence electrons. The van der Waals surface area contributed by atoms with Gasteiger partial charge in [0.05, 0.1) is 6.61 Å². The molecule has 2 unspecified atom stereocenters. The second-order valence-corrected chi connectivity index (χ2v) is 4.84. The summed E-state index contributed by atoms with van der Waals surface area (Å²) < 4.78 is 10.4. The summed E-state index contributed by atoms with van der Waals surface area (Å²) in [4.78, 5) is 11.4. The Bertz CT molecular complexity index is 419. The number of aliphatic hydroxyl groups is 1. The number of carbonyl (C=O) groups excluding carboxylic acids is 1. The van der Waals surface area contributed by atoms with Gasteiger partial charge in [0.25, 0.3) is 0 Å². The van der Waals surface area contributed by atoms with E-state index in [4.69, 9.17) is 9.47 Å². The molecule has 0 spiro atoms. The smallest absolute Gasteiger partial charge is 0.322 e. The Morgan fingerprint density at radius 2 is 1.95 bits per heavy atom. The number of aryl methyl sites for hydroxylation is 1. The summed E-state index contributed by atoms with van der Waals surface area (Å²) in [6.45, 7) is 6.35. The second kappa shape index (κ2) is 9.37. The zero-order valence-electron chi connectivity index (χ0n) is 13.0. The summed E-state index contributed by atoms with van der Waals surface area (Å²) in [5, 5.41) is 12.7. The van der Waals surface area contributed by atoms with Gasteiger partial charge in [-0.15, -0.1) is 0 Å². The van der Waals surface area contributed by atoms with Gasteiger partial charge in [-0.25, -0.2) is 0 Å². The number of rotatable bonds is 9. The van der Waals surface area contributed by atoms with E-state index in [-0.39, 0.29) is 19.1 Å². The highest BCUT2D eigenvalue weighted by atomic mass is 16.5. The van der Waals surface area contributed by atoms with E-state index in [1.807, 2.05) is 24.3 Å². The van der Waals surface area contributed by atoms with Crippen LogP contribution in [-0.4, -0.2) is 43.0 Å². The van der Waals surface area contributed by atoms with Gasteiger partial charge in [0, 0.05) is 6.54 Å². The van der Waals surface area contributed by atoms with Crippen LogP contribution < -0.4 is 10.1 Å². The average Bonchev–Trinajstić information content (AvgIpc) is 2.51. The highest BCUT2D eigenvalue weighted by Crippen LogP contribution is 2.12. The number of benzene rings is 1. The molecule has 0 aliphatic heterocycles. The van der Waals surface area contributed by atoms with Gasteiger partial charge in [0.2, 0.25) is 0 Å². The zero-order valence-corrected chi connectivity index (χ0v) is 13.0. The zero-order chi connectivity index (χ0) is 15.7. The van der Waals surface area contributed by atoms with Crippen molar-refractivity contribution in [1.29, 1.82) is 0 Å². The van der Waals surface area contributed by atoms with Crippen molar-refractivity contribution >= 4 is 5.97 Å². The van der Waals surface area contributed by atoms with E-state index in [1.54, 1.807) is 13.8 Å². The van der Waals surface area contributed by atoms with Crippen LogP contribution in [0.5, 0.6) is 5.75 Å². The van der Waals surface area contributed by atoms with E-state index in [2.05, 4.69) is 12.2 Å². The SMILES string of the molecule is CCOC(=O)C(C)NCC(O)COc1ccc(CC)cc1. The third-order valence-corrected chi connectivity index (χ3v) is 3.07. The Morgan fingerprint density at radius 3 is 2.52 bits per heavy atom. The maximum Gasteiger partial charge on any atom is 0.322 e. The largest absolute Gasteiger partial charge is 0.491 e. The van der Waals surface area contributed by atoms with Crippen molar-refractivity contribution in [3.63, 3.8) is 0 Å². The summed E-state index contributed by atoms with van der Waals surface area (Å²) in [5.41, 5.74) is 1.24. The molecule has 0 saturated carbocycles. The number of esters is 1. The van der Waals surface area contributed by atoms with Crippen LogP contribution in [0, 0.1) is 0 Å². The molecular formula is C16H25NO4. The van der Waals surface area contributed by atoms with Gasteiger partial charge in [-0.3, -0.25) is 4.79 Å². The standard InChI is InChI=1S/C16H25NO4/c1-4-13-6-8-15(9-7-13)21-11-14(18)10-17-12(3)16(19)20-5-2/h6-9,12,14,17-18H,4-5,10-11H2,1-3H3. The first-order valence-corrected chi connectivity index (χ1v) is 7.36. The number of aliphatic hydroxyl groups excluding tert-OH is 1. The lowest BCUT2D eigenvalue weighted by Crippen LogP contribution is -2.41. The monoisotopic (exact) mass is 295 g/mol. The van der Waals surface area contributed by atoms with Crippen molar-refractivity contribution in [2.24, 2.45) is 0 Å². The van der Waals surface area contributed by atoms with Crippen LogP contribution in [0.3, 0.4) is 0 Å². The first kappa shape index (κ1) is 17.5. The van der Waals surface area contributed by atoms with Crippen molar-refractivity contribution < 1.29 is 19.4 Å². The van der Waals surface area contributed by atoms with E-state index >= 15 is 0 Å². The first-order chi connectivity index (χ1) is 10.1. The Balaban J connectivity index is 2.26. The Hall–Kier alpha value is -1.59. The van der Waals surface area contributed by atoms with Gasteiger partial charge in [0.15, 0.2) is 0 Å². The van der Waals surface area contributed by atoms with Gasteiger partial charge >= 0.3 is 5.97 Å². The van der Waals surface area contributed by atoms with Gasteiger partial charge in [0.1, 0.15) is 24.5 Å². The minimum absolute atomic E-state index is 0.175. The van der Waals surface area contributed by atoms with Gasteiger partial charge in [-0.1, -0.05) is 19.1 Å². The summed E-state index contributed by atoms with van der Waals surface area (Å²) in [6.07, 6.45) is 0.297. The molecule has 5 nitrogen and oxygen atoms in total. The van der Waals surface area contributed by atoms with Crippen LogP contribution in [0.2, 0.25) is 0 Å². The molecule has 0 aromatic heterocycles. The van der Waals surface area contributed by atoms with Crippen LogP contribution in [0.25, 0.3) is 0 Å². The summed E-state index contributed by atoms with van der Waals surface area (Å²) in [7, 11) is 0. The fourth-order valence-electron chi connectivity index (χ4n) is 1.74. The number of hydrogen-bond acceptors (Lipinski definition) is 5. The molecule has 0 heterocycles. The molecular weight excluding hydrogens is 270 g/mol. The summed E-state index contributed by atoms with van der Waals surface area (Å²) in [5.74, 6) is 0.408. The lowest BCUT2D eigenvalue weighted by Gasteiger charge is -2.16. The molecule has 5 heteroatoms. The molecule has 0 saturated heterocycles. The molecule has 0 aliphatic rings. The molecule has 0 fully saturated rings. The number of ether oxygens (including phenoxy) is 2. The van der Waals surface area contributed by atoms with Gasteiger partial charge in [-0.2, -0.15) is 0 Å². The van der Waals surface area contributed by atoms with E-state index < -0.39 is 12.1 Å². The van der Waals surface area contributed by atoms with Crippen LogP contribution in [-0.2, 0) is 16.0 Å². The summed E-state index contributed by atoms with van der Waals surface area (Å²) in [6, 6.07) is 7.34. The van der Waals surface area contributed by atoms with Crippen LogP contribution in [0.15, 0.2) is 24.3 Å². The lowest BCUT2D eigenvalue weighted by molar-refractivity contribution is -0.145. The molecule has 0 amide bonds. The molecule has 1 aromatic rings. The minimum Gasteiger partial charge on any atom is -0.491 e. The average molecular weight is 295 g/mol. The maximum absolute atomic E-state index is 11.4. The fraction of sp³-hybridized carbons (Fsp3) is 0.562. The molecule has 2 atom stereocenters. The number of hydrogen-bond donors (Lipinski definition) is 2. The first-order valence-electron chi connectivity index (χ1n) is 7.36. The quantitative estimate of drug-likeness (QED) is 0.676. The lowest BCUT2D eigenvalue weighted by atomic mass is 10.2. The minimum atomic E-state index is -0.687. The van der Waals surface area contributed by atoms with E-state index in [0.29, 0.717) is 6.61 Å². The van der Waals surface area contributed by atoms with Crippen molar-refractivity contribution in [1.82, 2.24) is 5.32 Å². The Labute approximate surface area is 126 Å². The molecule has 2 N–H and O–H groups in total. The Kier molecular flexibility index (Phi) is 7.79. The number of nitrogens with one attached hydrogen (secondary N) is 1. The third-order valence-electron chi connectivity index (χ3n) is 3.07. The normalized spacial score (nSPS) is 13.5. The Morgan fingerprint density at radius 1 is 1.29 bits per heavy atom. The topological polar surface area (TPSA) is 67.8 Å². The molecule has 0 radical (unpaired) electrons. The molecule has 21 heavy (non-hydrogen) atoms. The molecule has 0 bridgehead atoms. The predicted molar refractivity (Wildman–Crippen MR) is 81.4 cm³/mol. The van der Waals surface area contributed by atoms with Crippen molar-refractivity contribution in [2.75, 3.05) is 19.8 Å². The predicted octanol–water partition coefficient (Wildman–Crippen LogP) is 1.53. The highest BCUT2D eigenvalue weighted by Gasteiger charge is 2.15. The van der Waals surface area contributed by atoms with E-state index in [1.165, 1.54) is 5.56 Å². The number of carbonyl (C=O) groups is 1. The van der Waals surface area contributed by atoms with E-state index in [0.717, 1.165) is 12.2 Å². The van der Waals surface area contributed by atoms with Gasteiger partial charge < -0.3 is 19.9 Å². The molecule has 1 aromatic carbocycles. The van der Waals surface area contributed by atoms with Crippen LogP contribution in [0.4, 0.5) is 0 Å². The van der Waals surface area contributed by atoms with Crippen molar-refractivity contribution in [3.8, 4) is 5.75 Å². The van der Waals surface area contributed by atoms with Crippen LogP contribution >= 0.6 is 0 Å². The highest BCUT2D eigenvalue weighted by molar-refractivity contribution is 5.75. The van der Waals surface area contributed by atoms with Crippen LogP contribution in [0.1, 0.15) is 26.3 Å². The third kappa shape index (κ3) is 6.60. The van der Waals surface area contributed by atoms with Crippen molar-refractivity contribution in [3.05, 3.63) is 29.8 Å². The summed E-state index contributed by atoms with van der Waals surface area (Å²) >= 11 is 0. The van der Waals surface area contributed by atoms with Crippen molar-refractivity contribution in [2.45, 2.75) is 39.3 Å². The fourth-order valence-corrected chi connectivity index (χ4v) is 1.74. The molecule has 0 aliphatic carbocycles. The van der Waals surface area contributed by atoms with Gasteiger partial charge in [-0.05, 0) is 38.0 Å².